The van der Waals surface area contributed by atoms with E-state index in [-0.39, 0.29) is 17.3 Å². The summed E-state index contributed by atoms with van der Waals surface area (Å²) in [7, 11) is 6.04. The monoisotopic (exact) mass is 441 g/mol. The van der Waals surface area contributed by atoms with Crippen molar-refractivity contribution >= 4 is 28.7 Å². The normalized spacial score (nSPS) is 10.3. The summed E-state index contributed by atoms with van der Waals surface area (Å²) in [6.07, 6.45) is 0. The van der Waals surface area contributed by atoms with E-state index in [1.165, 1.54) is 28.4 Å². The zero-order valence-corrected chi connectivity index (χ0v) is 18.3. The predicted octanol–water partition coefficient (Wildman–Crippen LogP) is 4.21. The molecule has 0 aliphatic rings. The van der Waals surface area contributed by atoms with Crippen LogP contribution in [0.15, 0.2) is 36.4 Å². The molecule has 0 spiro atoms. The number of aromatic nitrogens is 2. The van der Waals surface area contributed by atoms with E-state index in [0.29, 0.717) is 40.2 Å². The molecule has 0 aliphatic carbocycles. The van der Waals surface area contributed by atoms with Crippen LogP contribution >= 0.6 is 0 Å². The Kier molecular flexibility index (Phi) is 6.78. The Hall–Kier alpha value is -4.28. The lowest BCUT2D eigenvalue weighted by Crippen LogP contribution is -2.08. The smallest absolute Gasteiger partial charge is 0.353 e. The first-order valence-electron chi connectivity index (χ1n) is 9.41. The first-order valence-corrected chi connectivity index (χ1v) is 9.41. The molecule has 0 fully saturated rings. The van der Waals surface area contributed by atoms with E-state index in [9.17, 15) is 10.1 Å². The highest BCUT2D eigenvalue weighted by atomic mass is 16.6. The van der Waals surface area contributed by atoms with Gasteiger partial charge in [-0.05, 0) is 31.2 Å². The van der Waals surface area contributed by atoms with Gasteiger partial charge in [-0.3, -0.25) is 10.1 Å². The van der Waals surface area contributed by atoms with Crippen LogP contribution in [-0.4, -0.2) is 43.3 Å². The molecule has 11 nitrogen and oxygen atoms in total. The third-order valence-corrected chi connectivity index (χ3v) is 4.50. The Labute approximate surface area is 184 Å². The first kappa shape index (κ1) is 22.4. The molecule has 2 N–H and O–H groups in total. The molecule has 0 unspecified atom stereocenters. The van der Waals surface area contributed by atoms with Gasteiger partial charge in [0.15, 0.2) is 0 Å². The molecule has 3 aromatic rings. The van der Waals surface area contributed by atoms with Crippen molar-refractivity contribution in [1.82, 2.24) is 9.97 Å². The third-order valence-electron chi connectivity index (χ3n) is 4.50. The van der Waals surface area contributed by atoms with Gasteiger partial charge in [-0.2, -0.15) is 0 Å². The largest absolute Gasteiger partial charge is 0.497 e. The van der Waals surface area contributed by atoms with Crippen LogP contribution in [0.3, 0.4) is 0 Å². The number of methoxy groups -OCH3 is 4. The van der Waals surface area contributed by atoms with Crippen molar-refractivity contribution in [2.75, 3.05) is 39.1 Å². The van der Waals surface area contributed by atoms with Gasteiger partial charge in [-0.25, -0.2) is 9.97 Å². The Morgan fingerprint density at radius 3 is 1.56 bits per heavy atom. The van der Waals surface area contributed by atoms with E-state index in [1.54, 1.807) is 43.3 Å². The number of nitro groups is 1. The van der Waals surface area contributed by atoms with E-state index in [4.69, 9.17) is 18.9 Å². The maximum Gasteiger partial charge on any atom is 0.353 e. The minimum absolute atomic E-state index is 0.000875. The van der Waals surface area contributed by atoms with Gasteiger partial charge in [-0.1, -0.05) is 0 Å². The lowest BCUT2D eigenvalue weighted by atomic mass is 10.2. The SMILES string of the molecule is COc1ccc(Nc2nc(C)nc(Nc3ccc(OC)cc3OC)c2[N+](=O)[O-])c(OC)c1. The van der Waals surface area contributed by atoms with Crippen LogP contribution < -0.4 is 29.6 Å². The summed E-state index contributed by atoms with van der Waals surface area (Å²) in [6.45, 7) is 1.64. The quantitative estimate of drug-likeness (QED) is 0.368. The number of anilines is 4. The predicted molar refractivity (Wildman–Crippen MR) is 119 cm³/mol. The lowest BCUT2D eigenvalue weighted by Gasteiger charge is -2.15. The minimum atomic E-state index is -0.559. The second-order valence-corrected chi connectivity index (χ2v) is 6.46. The number of nitrogens with one attached hydrogen (secondary N) is 2. The fraction of sp³-hybridized carbons (Fsp3) is 0.238. The summed E-state index contributed by atoms with van der Waals surface area (Å²) in [5.74, 6) is 2.34. The molecule has 0 aliphatic heterocycles. The molecule has 2 aromatic carbocycles. The van der Waals surface area contributed by atoms with Gasteiger partial charge >= 0.3 is 5.69 Å². The van der Waals surface area contributed by atoms with E-state index < -0.39 is 4.92 Å². The molecule has 1 heterocycles. The number of hydrogen-bond donors (Lipinski definition) is 2. The molecule has 11 heteroatoms. The summed E-state index contributed by atoms with van der Waals surface area (Å²) < 4.78 is 21.1. The van der Waals surface area contributed by atoms with Crippen molar-refractivity contribution in [3.63, 3.8) is 0 Å². The topological polar surface area (TPSA) is 130 Å². The van der Waals surface area contributed by atoms with E-state index in [0.717, 1.165) is 0 Å². The van der Waals surface area contributed by atoms with Crippen molar-refractivity contribution in [3.8, 4) is 23.0 Å². The molecule has 32 heavy (non-hydrogen) atoms. The molecule has 1 aromatic heterocycles. The zero-order valence-electron chi connectivity index (χ0n) is 18.3. The van der Waals surface area contributed by atoms with Crippen molar-refractivity contribution in [2.45, 2.75) is 6.92 Å². The summed E-state index contributed by atoms with van der Waals surface area (Å²) in [4.78, 5) is 19.9. The van der Waals surface area contributed by atoms with Crippen molar-refractivity contribution < 1.29 is 23.9 Å². The van der Waals surface area contributed by atoms with Gasteiger partial charge in [0.2, 0.25) is 11.6 Å². The van der Waals surface area contributed by atoms with E-state index in [2.05, 4.69) is 20.6 Å². The van der Waals surface area contributed by atoms with Crippen LogP contribution in [0.25, 0.3) is 0 Å². The Morgan fingerprint density at radius 1 is 0.781 bits per heavy atom. The summed E-state index contributed by atoms with van der Waals surface area (Å²) >= 11 is 0. The Morgan fingerprint density at radius 2 is 1.22 bits per heavy atom. The standard InChI is InChI=1S/C21H23N5O6/c1-12-22-20(24-15-8-6-13(29-2)10-17(15)31-4)19(26(27)28)21(23-12)25-16-9-7-14(30-3)11-18(16)32-5/h6-11H,1-5H3,(H2,22,23,24,25). The van der Waals surface area contributed by atoms with Crippen LogP contribution in [0.1, 0.15) is 5.82 Å². The molecule has 0 saturated heterocycles. The second-order valence-electron chi connectivity index (χ2n) is 6.46. The third kappa shape index (κ3) is 4.72. The van der Waals surface area contributed by atoms with Crippen LogP contribution in [-0.2, 0) is 0 Å². The van der Waals surface area contributed by atoms with Gasteiger partial charge in [-0.15, -0.1) is 0 Å². The molecular weight excluding hydrogens is 418 g/mol. The molecule has 168 valence electrons. The molecule has 0 amide bonds. The zero-order chi connectivity index (χ0) is 23.3. The molecule has 0 atom stereocenters. The number of hydrogen-bond acceptors (Lipinski definition) is 10. The van der Waals surface area contributed by atoms with Crippen LogP contribution in [0.2, 0.25) is 0 Å². The first-order chi connectivity index (χ1) is 15.4. The fourth-order valence-electron chi connectivity index (χ4n) is 2.97. The molecule has 0 radical (unpaired) electrons. The van der Waals surface area contributed by atoms with Crippen molar-refractivity contribution in [1.29, 1.82) is 0 Å². The average molecular weight is 441 g/mol. The van der Waals surface area contributed by atoms with Crippen molar-refractivity contribution in [2.24, 2.45) is 0 Å². The van der Waals surface area contributed by atoms with Gasteiger partial charge in [0, 0.05) is 12.1 Å². The number of ether oxygens (including phenoxy) is 4. The van der Waals surface area contributed by atoms with E-state index in [1.807, 2.05) is 0 Å². The minimum Gasteiger partial charge on any atom is -0.497 e. The summed E-state index contributed by atoms with van der Waals surface area (Å²) in [6, 6.07) is 10.1. The van der Waals surface area contributed by atoms with Gasteiger partial charge < -0.3 is 29.6 Å². The highest BCUT2D eigenvalue weighted by Gasteiger charge is 2.26. The molecule has 0 bridgehead atoms. The number of aryl methyl sites for hydroxylation is 1. The van der Waals surface area contributed by atoms with Crippen LogP contribution in [0, 0.1) is 17.0 Å². The highest BCUT2D eigenvalue weighted by Crippen LogP contribution is 2.39. The van der Waals surface area contributed by atoms with Gasteiger partial charge in [0.1, 0.15) is 28.8 Å². The Bertz CT molecular complexity index is 1060. The number of rotatable bonds is 9. The van der Waals surface area contributed by atoms with Crippen molar-refractivity contribution in [3.05, 3.63) is 52.3 Å². The van der Waals surface area contributed by atoms with Gasteiger partial charge in [0.05, 0.1) is 44.7 Å². The van der Waals surface area contributed by atoms with E-state index >= 15 is 0 Å². The Balaban J connectivity index is 2.06. The molecule has 3 rings (SSSR count). The maximum absolute atomic E-state index is 12.0. The second kappa shape index (κ2) is 9.69. The maximum atomic E-state index is 12.0. The van der Waals surface area contributed by atoms with Crippen LogP contribution in [0.4, 0.5) is 28.7 Å². The number of nitrogens with zero attached hydrogens (tertiary/aromatic N) is 3. The highest BCUT2D eigenvalue weighted by molar-refractivity contribution is 5.80. The molecular formula is C21H23N5O6. The average Bonchev–Trinajstić information content (AvgIpc) is 2.79. The lowest BCUT2D eigenvalue weighted by molar-refractivity contribution is -0.383. The van der Waals surface area contributed by atoms with Gasteiger partial charge in [0.25, 0.3) is 0 Å². The number of benzene rings is 2. The summed E-state index contributed by atoms with van der Waals surface area (Å²) in [5, 5.41) is 17.9. The fourth-order valence-corrected chi connectivity index (χ4v) is 2.97. The van der Waals surface area contributed by atoms with Crippen LogP contribution in [0.5, 0.6) is 23.0 Å². The summed E-state index contributed by atoms with van der Waals surface area (Å²) in [5.41, 5.74) is 0.608. The molecule has 0 saturated carbocycles.